The first-order chi connectivity index (χ1) is 18.0. The number of ether oxygens (including phenoxy) is 2. The third-order valence-electron chi connectivity index (χ3n) is 6.18. The molecule has 0 bridgehead atoms. The van der Waals surface area contributed by atoms with Crippen molar-refractivity contribution in [1.29, 1.82) is 0 Å². The smallest absolute Gasteiger partial charge is 0.183 e. The molecule has 0 spiro atoms. The Hall–Kier alpha value is -3.45. The fourth-order valence-corrected chi connectivity index (χ4v) is 5.73. The maximum Gasteiger partial charge on any atom is 0.183 e. The van der Waals surface area contributed by atoms with Crippen LogP contribution in [0.4, 0.5) is 4.39 Å². The Morgan fingerprint density at radius 3 is 2.29 bits per heavy atom. The molecule has 0 amide bonds. The van der Waals surface area contributed by atoms with Crippen molar-refractivity contribution in [1.82, 2.24) is 29.7 Å². The molecule has 0 radical (unpaired) electrons. The Morgan fingerprint density at radius 2 is 1.71 bits per heavy atom. The summed E-state index contributed by atoms with van der Waals surface area (Å²) in [6, 6.07) is 7.01. The number of hydrogen-bond donors (Lipinski definition) is 0. The Labute approximate surface area is 228 Å². The van der Waals surface area contributed by atoms with Crippen LogP contribution in [0.25, 0.3) is 17.1 Å². The minimum atomic E-state index is -4.16. The molecule has 4 rings (SSSR count). The van der Waals surface area contributed by atoms with Crippen molar-refractivity contribution in [3.8, 4) is 28.6 Å². The number of aromatic nitrogens is 6. The van der Waals surface area contributed by atoms with Gasteiger partial charge in [0.2, 0.25) is 0 Å². The third-order valence-corrected chi connectivity index (χ3v) is 8.77. The monoisotopic (exact) mass is 604 g/mol. The van der Waals surface area contributed by atoms with Gasteiger partial charge in [-0.15, -0.1) is 10.2 Å². The third kappa shape index (κ3) is 5.25. The van der Waals surface area contributed by atoms with Crippen LogP contribution in [0.1, 0.15) is 31.1 Å². The van der Waals surface area contributed by atoms with Crippen molar-refractivity contribution in [3.63, 3.8) is 0 Å². The number of methoxy groups -OCH3 is 2. The van der Waals surface area contributed by atoms with E-state index < -0.39 is 26.5 Å². The van der Waals surface area contributed by atoms with Crippen LogP contribution >= 0.6 is 15.9 Å². The summed E-state index contributed by atoms with van der Waals surface area (Å²) in [5, 5.41) is 7.01. The first-order valence-electron chi connectivity index (χ1n) is 11.5. The number of para-hydroxylation sites is 1. The quantitative estimate of drug-likeness (QED) is 0.273. The van der Waals surface area contributed by atoms with E-state index >= 15 is 4.39 Å². The number of halogens is 2. The number of aryl methyl sites for hydroxylation is 1. The van der Waals surface area contributed by atoms with Gasteiger partial charge in [0.1, 0.15) is 28.2 Å². The molecule has 0 saturated heterocycles. The van der Waals surface area contributed by atoms with E-state index in [9.17, 15) is 8.42 Å². The molecule has 1 aromatic carbocycles. The van der Waals surface area contributed by atoms with E-state index in [1.807, 2.05) is 13.0 Å². The normalized spacial score (nSPS) is 14.1. The molecule has 0 aliphatic rings. The van der Waals surface area contributed by atoms with Gasteiger partial charge in [-0.2, -0.15) is 0 Å². The van der Waals surface area contributed by atoms with Gasteiger partial charge in [-0.3, -0.25) is 9.55 Å². The number of benzene rings is 1. The molecule has 200 valence electrons. The lowest BCUT2D eigenvalue weighted by molar-refractivity contribution is 0.174. The predicted molar refractivity (Wildman–Crippen MR) is 143 cm³/mol. The average Bonchev–Trinajstić information content (AvgIpc) is 3.30. The van der Waals surface area contributed by atoms with Crippen molar-refractivity contribution >= 4 is 25.8 Å². The van der Waals surface area contributed by atoms with Crippen LogP contribution in [-0.4, -0.2) is 57.6 Å². The number of rotatable bonds is 9. The second-order valence-electron chi connectivity index (χ2n) is 8.79. The number of nitrogens with zero attached hydrogens (tertiary/aromatic N) is 6. The molecule has 10 nitrogen and oxygen atoms in total. The van der Waals surface area contributed by atoms with Crippen LogP contribution < -0.4 is 9.47 Å². The van der Waals surface area contributed by atoms with E-state index in [2.05, 4.69) is 41.1 Å². The molecule has 0 aliphatic carbocycles. The summed E-state index contributed by atoms with van der Waals surface area (Å²) in [5.74, 6) is 0.297. The molecule has 0 fully saturated rings. The Kier molecular flexibility index (Phi) is 7.79. The second kappa shape index (κ2) is 10.7. The van der Waals surface area contributed by atoms with Crippen molar-refractivity contribution in [2.75, 3.05) is 14.2 Å². The van der Waals surface area contributed by atoms with Crippen LogP contribution in [-0.2, 0) is 21.3 Å². The zero-order valence-electron chi connectivity index (χ0n) is 21.4. The second-order valence-corrected chi connectivity index (χ2v) is 12.0. The van der Waals surface area contributed by atoms with Gasteiger partial charge in [-0.25, -0.2) is 22.8 Å². The maximum absolute atomic E-state index is 15.9. The Bertz CT molecular complexity index is 1540. The zero-order valence-corrected chi connectivity index (χ0v) is 23.8. The standard InChI is InChI=1S/C25H26BrFN6O4S/c1-15-9-17(11-28-10-15)23-32-31-21(33(23)22-19(36-4)7-6-8-20(22)37-5)14-38(34,35)16(2)25(3,27)24-29-12-18(26)13-30-24/h6-13,16H,14H2,1-5H3/t16-,25-/m0/s1. The van der Waals surface area contributed by atoms with Crippen LogP contribution in [0.5, 0.6) is 11.5 Å². The molecule has 0 aliphatic heterocycles. The van der Waals surface area contributed by atoms with Gasteiger partial charge < -0.3 is 9.47 Å². The van der Waals surface area contributed by atoms with E-state index in [1.165, 1.54) is 33.5 Å². The SMILES string of the molecule is COc1cccc(OC)c1-n1c(CS(=O)(=O)[C@@H](C)[C@](C)(F)c2ncc(Br)cn2)nnc1-c1cncc(C)c1. The van der Waals surface area contributed by atoms with Gasteiger partial charge in [-0.05, 0) is 60.5 Å². The zero-order chi connectivity index (χ0) is 27.7. The van der Waals surface area contributed by atoms with Crippen LogP contribution in [0.3, 0.4) is 0 Å². The summed E-state index contributed by atoms with van der Waals surface area (Å²) in [7, 11) is -1.19. The van der Waals surface area contributed by atoms with Gasteiger partial charge in [0, 0.05) is 30.4 Å². The first-order valence-corrected chi connectivity index (χ1v) is 14.0. The van der Waals surface area contributed by atoms with Crippen molar-refractivity contribution in [2.24, 2.45) is 0 Å². The van der Waals surface area contributed by atoms with E-state index in [1.54, 1.807) is 35.2 Å². The summed E-state index contributed by atoms with van der Waals surface area (Å²) in [6.07, 6.45) is 6.02. The number of sulfone groups is 1. The Morgan fingerprint density at radius 1 is 1.08 bits per heavy atom. The molecule has 0 saturated carbocycles. The molecule has 2 atom stereocenters. The van der Waals surface area contributed by atoms with E-state index in [-0.39, 0.29) is 11.6 Å². The molecular weight excluding hydrogens is 579 g/mol. The van der Waals surface area contributed by atoms with Crippen LogP contribution in [0.15, 0.2) is 53.5 Å². The van der Waals surface area contributed by atoms with Gasteiger partial charge in [0.05, 0.1) is 18.7 Å². The lowest BCUT2D eigenvalue weighted by Gasteiger charge is -2.26. The summed E-state index contributed by atoms with van der Waals surface area (Å²) >= 11 is 3.20. The average molecular weight is 605 g/mol. The summed E-state index contributed by atoms with van der Waals surface area (Å²) in [5.41, 5.74) is -0.512. The van der Waals surface area contributed by atoms with E-state index in [0.717, 1.165) is 12.5 Å². The molecule has 4 aromatic rings. The van der Waals surface area contributed by atoms with Crippen molar-refractivity contribution in [3.05, 3.63) is 70.7 Å². The first kappa shape index (κ1) is 27.6. The number of hydrogen-bond acceptors (Lipinski definition) is 9. The molecule has 38 heavy (non-hydrogen) atoms. The molecule has 3 aromatic heterocycles. The van der Waals surface area contributed by atoms with E-state index in [4.69, 9.17) is 9.47 Å². The fourth-order valence-electron chi connectivity index (χ4n) is 3.95. The lowest BCUT2D eigenvalue weighted by Crippen LogP contribution is -2.39. The minimum absolute atomic E-state index is 0.0451. The van der Waals surface area contributed by atoms with Crippen molar-refractivity contribution in [2.45, 2.75) is 37.4 Å². The van der Waals surface area contributed by atoms with Crippen LogP contribution in [0, 0.1) is 6.92 Å². The van der Waals surface area contributed by atoms with Crippen LogP contribution in [0.2, 0.25) is 0 Å². The van der Waals surface area contributed by atoms with E-state index in [0.29, 0.717) is 33.0 Å². The molecular formula is C25H26BrFN6O4S. The minimum Gasteiger partial charge on any atom is -0.494 e. The van der Waals surface area contributed by atoms with Gasteiger partial charge >= 0.3 is 0 Å². The lowest BCUT2D eigenvalue weighted by atomic mass is 10.0. The number of pyridine rings is 1. The van der Waals surface area contributed by atoms with Gasteiger partial charge in [-0.1, -0.05) is 6.07 Å². The highest BCUT2D eigenvalue weighted by Gasteiger charge is 2.44. The summed E-state index contributed by atoms with van der Waals surface area (Å²) < 4.78 is 56.4. The molecule has 0 N–H and O–H groups in total. The molecule has 3 heterocycles. The number of alkyl halides is 1. The van der Waals surface area contributed by atoms with Gasteiger partial charge in [0.15, 0.2) is 33.0 Å². The topological polar surface area (TPSA) is 122 Å². The maximum atomic E-state index is 15.9. The predicted octanol–water partition coefficient (Wildman–Crippen LogP) is 4.40. The van der Waals surface area contributed by atoms with Gasteiger partial charge in [0.25, 0.3) is 0 Å². The highest BCUT2D eigenvalue weighted by molar-refractivity contribution is 9.10. The Balaban J connectivity index is 1.86. The summed E-state index contributed by atoms with van der Waals surface area (Å²) in [4.78, 5) is 12.2. The summed E-state index contributed by atoms with van der Waals surface area (Å²) in [6.45, 7) is 4.31. The van der Waals surface area contributed by atoms with Crippen molar-refractivity contribution < 1.29 is 22.3 Å². The molecule has 13 heteroatoms. The highest BCUT2D eigenvalue weighted by Crippen LogP contribution is 2.38. The molecule has 0 unspecified atom stereocenters. The largest absolute Gasteiger partial charge is 0.494 e. The highest BCUT2D eigenvalue weighted by atomic mass is 79.9. The fraction of sp³-hybridized carbons (Fsp3) is 0.320.